The molecule has 0 saturated carbocycles. The van der Waals surface area contributed by atoms with Crippen LogP contribution in [0.25, 0.3) is 72.1 Å². The quantitative estimate of drug-likeness (QED) is 0.123. The maximum atomic E-state index is 6.30. The van der Waals surface area contributed by atoms with Gasteiger partial charge in [-0.25, -0.2) is 0 Å². The monoisotopic (exact) mass is 940 g/mol. The molecule has 4 nitrogen and oxygen atoms in total. The van der Waals surface area contributed by atoms with Crippen LogP contribution in [-0.4, -0.2) is 22.6 Å². The molecule has 0 aliphatic heterocycles. The van der Waals surface area contributed by atoms with Crippen LogP contribution in [0.15, 0.2) is 138 Å². The molecule has 0 atom stereocenters. The van der Waals surface area contributed by atoms with Crippen molar-refractivity contribution in [3.05, 3.63) is 157 Å². The SMILES string of the molecule is CC(C)(C)c1ccc(-n2c(-c3[c-]ccc4c3oc3ccccc34)nc3ccccc32)cc1.CC(C)Cc1cc(-c2[c-]ccc3ccccc23)ncc1[Si](C)(C)C.[Ir]. The summed E-state index contributed by atoms with van der Waals surface area (Å²) in [6.07, 6.45) is 3.24. The van der Waals surface area contributed by atoms with Gasteiger partial charge < -0.3 is 14.0 Å². The van der Waals surface area contributed by atoms with E-state index >= 15 is 0 Å². The summed E-state index contributed by atoms with van der Waals surface area (Å²) in [4.78, 5) is 9.86. The number of hydrogen-bond donors (Lipinski definition) is 0. The van der Waals surface area contributed by atoms with E-state index in [1.54, 1.807) is 0 Å². The van der Waals surface area contributed by atoms with Crippen molar-refractivity contribution < 1.29 is 24.5 Å². The molecule has 6 heteroatoms. The van der Waals surface area contributed by atoms with Crippen molar-refractivity contribution in [2.24, 2.45) is 5.92 Å². The zero-order chi connectivity index (χ0) is 39.2. The molecule has 1 radical (unpaired) electrons. The van der Waals surface area contributed by atoms with Gasteiger partial charge in [-0.15, -0.1) is 47.3 Å². The number of imidazole rings is 1. The first-order chi connectivity index (χ1) is 26.9. The maximum absolute atomic E-state index is 6.30. The molecule has 0 N–H and O–H groups in total. The molecule has 3 aromatic heterocycles. The van der Waals surface area contributed by atoms with Gasteiger partial charge in [0.2, 0.25) is 0 Å². The summed E-state index contributed by atoms with van der Waals surface area (Å²) >= 11 is 0. The maximum Gasteiger partial charge on any atom is 0.120 e. The number of aromatic nitrogens is 3. The molecule has 0 bridgehead atoms. The van der Waals surface area contributed by atoms with E-state index in [0.717, 1.165) is 67.7 Å². The van der Waals surface area contributed by atoms with Gasteiger partial charge in [0, 0.05) is 37.4 Å². The number of pyridine rings is 1. The predicted molar refractivity (Wildman–Crippen MR) is 239 cm³/mol. The van der Waals surface area contributed by atoms with Crippen molar-refractivity contribution in [3.63, 3.8) is 0 Å². The van der Waals surface area contributed by atoms with Crippen LogP contribution >= 0.6 is 0 Å². The largest absolute Gasteiger partial charge is 0.501 e. The fourth-order valence-electron chi connectivity index (χ4n) is 7.71. The molecule has 0 aliphatic rings. The van der Waals surface area contributed by atoms with E-state index in [1.807, 2.05) is 36.4 Å². The first-order valence-electron chi connectivity index (χ1n) is 19.7. The Balaban J connectivity index is 0.000000179. The zero-order valence-electron chi connectivity index (χ0n) is 34.1. The minimum Gasteiger partial charge on any atom is -0.501 e. The van der Waals surface area contributed by atoms with Gasteiger partial charge in [0.25, 0.3) is 0 Å². The molecule has 0 aliphatic carbocycles. The average molecular weight is 940 g/mol. The van der Waals surface area contributed by atoms with Gasteiger partial charge in [-0.1, -0.05) is 149 Å². The number of benzene rings is 6. The van der Waals surface area contributed by atoms with E-state index in [9.17, 15) is 0 Å². The van der Waals surface area contributed by atoms with Crippen molar-refractivity contribution in [1.82, 2.24) is 14.5 Å². The van der Waals surface area contributed by atoms with Gasteiger partial charge >= 0.3 is 0 Å². The molecule has 0 amide bonds. The molecule has 289 valence electrons. The number of furan rings is 1. The third-order valence-electron chi connectivity index (χ3n) is 10.5. The Labute approximate surface area is 351 Å². The molecule has 0 spiro atoms. The van der Waals surface area contributed by atoms with Crippen LogP contribution < -0.4 is 5.19 Å². The predicted octanol–water partition coefficient (Wildman–Crippen LogP) is 13.1. The van der Waals surface area contributed by atoms with Gasteiger partial charge in [0.15, 0.2) is 0 Å². The smallest absolute Gasteiger partial charge is 0.120 e. The third-order valence-corrected chi connectivity index (χ3v) is 12.6. The topological polar surface area (TPSA) is 43.9 Å². The second-order valence-electron chi connectivity index (χ2n) is 17.3. The van der Waals surface area contributed by atoms with E-state index < -0.39 is 8.07 Å². The molecular weight excluding hydrogens is 891 g/mol. The van der Waals surface area contributed by atoms with Gasteiger partial charge in [-0.3, -0.25) is 4.98 Å². The van der Waals surface area contributed by atoms with Crippen molar-refractivity contribution in [2.75, 3.05) is 0 Å². The second-order valence-corrected chi connectivity index (χ2v) is 22.3. The van der Waals surface area contributed by atoms with E-state index in [0.29, 0.717) is 5.92 Å². The standard InChI is InChI=1S/C29H23N2O.C22H26NSi.Ir/c1-29(2,3)19-15-17-20(18-16-19)31-25-13-6-5-12-24(25)30-28(31)23-11-8-10-22-21-9-4-7-14-26(21)32-27(22)23;1-16(2)13-18-14-21(23-15-22(18)24(3,4)5)20-12-8-10-17-9-6-7-11-19(17)20;/h4-10,12-18H,1-3H3;6-11,14-16H,13H2,1-5H3;/q2*-1;. The fraction of sp³-hybridized carbons (Fsp3) is 0.216. The summed E-state index contributed by atoms with van der Waals surface area (Å²) in [7, 11) is -1.39. The van der Waals surface area contributed by atoms with Crippen LogP contribution in [0.4, 0.5) is 0 Å². The Kier molecular flexibility index (Phi) is 11.3. The molecule has 57 heavy (non-hydrogen) atoms. The van der Waals surface area contributed by atoms with E-state index in [4.69, 9.17) is 14.4 Å². The molecule has 3 heterocycles. The molecule has 6 aromatic carbocycles. The summed E-state index contributed by atoms with van der Waals surface area (Å²) in [5.41, 5.74) is 10.7. The van der Waals surface area contributed by atoms with E-state index in [2.05, 4.69) is 168 Å². The number of rotatable bonds is 6. The minimum atomic E-state index is -1.39. The molecule has 9 aromatic rings. The Morgan fingerprint density at radius 1 is 0.737 bits per heavy atom. The molecule has 0 unspecified atom stereocenters. The molecular formula is C51H49IrN3OSi-2. The number of nitrogens with zero attached hydrogens (tertiary/aromatic N) is 3. The zero-order valence-corrected chi connectivity index (χ0v) is 37.5. The van der Waals surface area contributed by atoms with Crippen LogP contribution in [0.3, 0.4) is 0 Å². The molecule has 9 rings (SSSR count). The van der Waals surface area contributed by atoms with Crippen LogP contribution in [0.2, 0.25) is 19.6 Å². The average Bonchev–Trinajstić information content (AvgIpc) is 3.76. The minimum absolute atomic E-state index is 0. The summed E-state index contributed by atoms with van der Waals surface area (Å²) in [5.74, 6) is 1.48. The van der Waals surface area contributed by atoms with Crippen LogP contribution in [-0.2, 0) is 31.9 Å². The Bertz CT molecular complexity index is 2830. The van der Waals surface area contributed by atoms with Crippen LogP contribution in [0.1, 0.15) is 45.7 Å². The summed E-state index contributed by atoms with van der Waals surface area (Å²) in [6, 6.07) is 50.9. The Hall–Kier alpha value is -5.13. The Morgan fingerprint density at radius 3 is 2.14 bits per heavy atom. The van der Waals surface area contributed by atoms with Gasteiger partial charge in [0.05, 0.1) is 30.5 Å². The van der Waals surface area contributed by atoms with Crippen LogP contribution in [0.5, 0.6) is 0 Å². The fourth-order valence-corrected chi connectivity index (χ4v) is 9.30. The van der Waals surface area contributed by atoms with Crippen molar-refractivity contribution in [1.29, 1.82) is 0 Å². The van der Waals surface area contributed by atoms with E-state index in [1.165, 1.54) is 27.1 Å². The first kappa shape index (κ1) is 40.1. The summed E-state index contributed by atoms with van der Waals surface area (Å²) in [5, 5.41) is 6.14. The number of para-hydroxylation sites is 3. The van der Waals surface area contributed by atoms with Crippen molar-refractivity contribution >= 4 is 57.0 Å². The van der Waals surface area contributed by atoms with Crippen LogP contribution in [0, 0.1) is 18.1 Å². The first-order valence-corrected chi connectivity index (χ1v) is 23.2. The molecule has 0 fully saturated rings. The Morgan fingerprint density at radius 2 is 1.40 bits per heavy atom. The van der Waals surface area contributed by atoms with Gasteiger partial charge in [-0.05, 0) is 64.5 Å². The van der Waals surface area contributed by atoms with E-state index in [-0.39, 0.29) is 25.5 Å². The van der Waals surface area contributed by atoms with Gasteiger partial charge in [0.1, 0.15) is 5.58 Å². The third kappa shape index (κ3) is 8.05. The normalized spacial score (nSPS) is 11.9. The number of fused-ring (bicyclic) bond motifs is 5. The van der Waals surface area contributed by atoms with Crippen molar-refractivity contribution in [2.45, 2.75) is 66.1 Å². The summed E-state index contributed by atoms with van der Waals surface area (Å²) in [6.45, 7) is 18.5. The second kappa shape index (κ2) is 16.0. The summed E-state index contributed by atoms with van der Waals surface area (Å²) < 4.78 is 8.51. The van der Waals surface area contributed by atoms with Crippen molar-refractivity contribution in [3.8, 4) is 28.3 Å². The molecule has 0 saturated heterocycles. The van der Waals surface area contributed by atoms with Gasteiger partial charge in [-0.2, -0.15) is 0 Å². The number of hydrogen-bond acceptors (Lipinski definition) is 3.